The molecule has 18 heavy (non-hydrogen) atoms. The lowest BCUT2D eigenvalue weighted by Gasteiger charge is -2.07. The highest BCUT2D eigenvalue weighted by Crippen LogP contribution is 1.96. The van der Waals surface area contributed by atoms with Crippen LogP contribution in [-0.2, 0) is 6.54 Å². The van der Waals surface area contributed by atoms with Crippen molar-refractivity contribution in [3.05, 3.63) is 35.9 Å². The van der Waals surface area contributed by atoms with Crippen LogP contribution in [0.25, 0.3) is 0 Å². The molecule has 0 aromatic heterocycles. The van der Waals surface area contributed by atoms with E-state index in [9.17, 15) is 0 Å². The standard InChI is InChI=1S/C14H26N4/c15-7-10-16-8-4-9-17-11-12-18-13-14-5-2-1-3-6-14/h1-3,5-6,16-18H,4,7-13,15H2. The summed E-state index contributed by atoms with van der Waals surface area (Å²) in [5.41, 5.74) is 6.72. The highest BCUT2D eigenvalue weighted by molar-refractivity contribution is 5.14. The molecule has 0 aliphatic carbocycles. The van der Waals surface area contributed by atoms with Gasteiger partial charge in [0.05, 0.1) is 0 Å². The van der Waals surface area contributed by atoms with Crippen LogP contribution in [0.1, 0.15) is 12.0 Å². The molecule has 0 aliphatic rings. The van der Waals surface area contributed by atoms with Gasteiger partial charge in [-0.2, -0.15) is 0 Å². The van der Waals surface area contributed by atoms with Crippen LogP contribution in [0.4, 0.5) is 0 Å². The van der Waals surface area contributed by atoms with Gasteiger partial charge in [0.1, 0.15) is 0 Å². The number of nitrogens with two attached hydrogens (primary N) is 1. The van der Waals surface area contributed by atoms with E-state index in [0.717, 1.165) is 52.2 Å². The first kappa shape index (κ1) is 15.1. The van der Waals surface area contributed by atoms with Crippen molar-refractivity contribution in [1.29, 1.82) is 0 Å². The third-order valence-electron chi connectivity index (χ3n) is 2.68. The molecule has 0 saturated carbocycles. The molecule has 0 fully saturated rings. The Morgan fingerprint density at radius 3 is 2.17 bits per heavy atom. The number of nitrogens with one attached hydrogen (secondary N) is 3. The Balaban J connectivity index is 1.82. The van der Waals surface area contributed by atoms with Gasteiger partial charge in [0.25, 0.3) is 0 Å². The number of hydrogen-bond donors (Lipinski definition) is 4. The van der Waals surface area contributed by atoms with Crippen molar-refractivity contribution in [3.8, 4) is 0 Å². The summed E-state index contributed by atoms with van der Waals surface area (Å²) >= 11 is 0. The van der Waals surface area contributed by atoms with Crippen molar-refractivity contribution in [2.45, 2.75) is 13.0 Å². The molecule has 1 aromatic rings. The highest BCUT2D eigenvalue weighted by atomic mass is 14.9. The van der Waals surface area contributed by atoms with Crippen molar-refractivity contribution < 1.29 is 0 Å². The Hall–Kier alpha value is -0.940. The van der Waals surface area contributed by atoms with E-state index in [1.165, 1.54) is 5.56 Å². The molecule has 5 N–H and O–H groups in total. The van der Waals surface area contributed by atoms with E-state index in [0.29, 0.717) is 0 Å². The maximum Gasteiger partial charge on any atom is 0.0206 e. The summed E-state index contributed by atoms with van der Waals surface area (Å²) in [5, 5.41) is 10.1. The van der Waals surface area contributed by atoms with E-state index in [2.05, 4.69) is 40.2 Å². The number of hydrogen-bond acceptors (Lipinski definition) is 4. The molecule has 4 nitrogen and oxygen atoms in total. The maximum atomic E-state index is 5.39. The molecule has 4 heteroatoms. The van der Waals surface area contributed by atoms with Gasteiger partial charge < -0.3 is 21.7 Å². The van der Waals surface area contributed by atoms with Crippen LogP contribution in [0, 0.1) is 0 Å². The summed E-state index contributed by atoms with van der Waals surface area (Å²) in [5.74, 6) is 0. The highest BCUT2D eigenvalue weighted by Gasteiger charge is 1.91. The second-order valence-corrected chi connectivity index (χ2v) is 4.30. The molecular formula is C14H26N4. The molecule has 0 atom stereocenters. The summed E-state index contributed by atoms with van der Waals surface area (Å²) in [6.45, 7) is 6.71. The average Bonchev–Trinajstić information content (AvgIpc) is 2.42. The smallest absolute Gasteiger partial charge is 0.0206 e. The third-order valence-corrected chi connectivity index (χ3v) is 2.68. The Bertz CT molecular complexity index is 276. The fourth-order valence-electron chi connectivity index (χ4n) is 1.70. The van der Waals surface area contributed by atoms with Crippen LogP contribution in [0.5, 0.6) is 0 Å². The van der Waals surface area contributed by atoms with E-state index >= 15 is 0 Å². The van der Waals surface area contributed by atoms with Crippen LogP contribution in [0.2, 0.25) is 0 Å². The van der Waals surface area contributed by atoms with Gasteiger partial charge in [-0.15, -0.1) is 0 Å². The lowest BCUT2D eigenvalue weighted by Crippen LogP contribution is -2.30. The van der Waals surface area contributed by atoms with E-state index in [1.54, 1.807) is 0 Å². The van der Waals surface area contributed by atoms with Gasteiger partial charge in [-0.3, -0.25) is 0 Å². The summed E-state index contributed by atoms with van der Waals surface area (Å²) in [6.07, 6.45) is 1.15. The van der Waals surface area contributed by atoms with E-state index in [4.69, 9.17) is 5.73 Å². The Labute approximate surface area is 110 Å². The zero-order chi connectivity index (χ0) is 12.9. The maximum absolute atomic E-state index is 5.39. The molecule has 0 unspecified atom stereocenters. The van der Waals surface area contributed by atoms with E-state index in [-0.39, 0.29) is 0 Å². The molecular weight excluding hydrogens is 224 g/mol. The van der Waals surface area contributed by atoms with Crippen molar-refractivity contribution >= 4 is 0 Å². The van der Waals surface area contributed by atoms with Gasteiger partial charge in [-0.1, -0.05) is 30.3 Å². The molecule has 0 radical (unpaired) electrons. The minimum Gasteiger partial charge on any atom is -0.329 e. The van der Waals surface area contributed by atoms with Crippen molar-refractivity contribution in [2.75, 3.05) is 39.3 Å². The van der Waals surface area contributed by atoms with Gasteiger partial charge in [-0.05, 0) is 25.1 Å². The normalized spacial score (nSPS) is 10.7. The molecule has 0 spiro atoms. The Kier molecular flexibility index (Phi) is 9.38. The molecule has 0 aliphatic heterocycles. The van der Waals surface area contributed by atoms with E-state index in [1.807, 2.05) is 6.07 Å². The molecule has 1 rings (SSSR count). The summed E-state index contributed by atoms with van der Waals surface area (Å²) in [6, 6.07) is 10.5. The van der Waals surface area contributed by atoms with Crippen LogP contribution in [0.15, 0.2) is 30.3 Å². The zero-order valence-electron chi connectivity index (χ0n) is 11.1. The minimum absolute atomic E-state index is 0.719. The summed E-state index contributed by atoms with van der Waals surface area (Å²) in [4.78, 5) is 0. The summed E-state index contributed by atoms with van der Waals surface area (Å²) < 4.78 is 0. The molecule has 0 bridgehead atoms. The van der Waals surface area contributed by atoms with Crippen LogP contribution < -0.4 is 21.7 Å². The molecule has 0 heterocycles. The lowest BCUT2D eigenvalue weighted by atomic mass is 10.2. The second-order valence-electron chi connectivity index (χ2n) is 4.30. The van der Waals surface area contributed by atoms with Crippen LogP contribution in [0.3, 0.4) is 0 Å². The second kappa shape index (κ2) is 11.2. The largest absolute Gasteiger partial charge is 0.329 e. The molecule has 0 saturated heterocycles. The first-order chi connectivity index (χ1) is 8.93. The molecule has 0 amide bonds. The quantitative estimate of drug-likeness (QED) is 0.427. The van der Waals surface area contributed by atoms with Crippen LogP contribution >= 0.6 is 0 Å². The van der Waals surface area contributed by atoms with E-state index < -0.39 is 0 Å². The number of benzene rings is 1. The molecule has 1 aromatic carbocycles. The van der Waals surface area contributed by atoms with Crippen molar-refractivity contribution in [3.63, 3.8) is 0 Å². The lowest BCUT2D eigenvalue weighted by molar-refractivity contribution is 0.574. The topological polar surface area (TPSA) is 62.1 Å². The average molecular weight is 250 g/mol. The Morgan fingerprint density at radius 2 is 1.44 bits per heavy atom. The predicted octanol–water partition coefficient (Wildman–Crippen LogP) is 0.304. The third kappa shape index (κ3) is 8.20. The van der Waals surface area contributed by atoms with Crippen molar-refractivity contribution in [1.82, 2.24) is 16.0 Å². The first-order valence-corrected chi connectivity index (χ1v) is 6.79. The van der Waals surface area contributed by atoms with Gasteiger partial charge in [0.15, 0.2) is 0 Å². The molecule has 102 valence electrons. The Morgan fingerprint density at radius 1 is 0.778 bits per heavy atom. The van der Waals surface area contributed by atoms with Gasteiger partial charge >= 0.3 is 0 Å². The van der Waals surface area contributed by atoms with Gasteiger partial charge in [0, 0.05) is 32.7 Å². The fourth-order valence-corrected chi connectivity index (χ4v) is 1.70. The summed E-state index contributed by atoms with van der Waals surface area (Å²) in [7, 11) is 0. The number of rotatable bonds is 11. The van der Waals surface area contributed by atoms with Crippen molar-refractivity contribution in [2.24, 2.45) is 5.73 Å². The minimum atomic E-state index is 0.719. The zero-order valence-corrected chi connectivity index (χ0v) is 11.1. The monoisotopic (exact) mass is 250 g/mol. The van der Waals surface area contributed by atoms with Gasteiger partial charge in [-0.25, -0.2) is 0 Å². The van der Waals surface area contributed by atoms with Crippen LogP contribution in [-0.4, -0.2) is 39.3 Å². The SMILES string of the molecule is NCCNCCCNCCNCc1ccccc1. The first-order valence-electron chi connectivity index (χ1n) is 6.79. The predicted molar refractivity (Wildman–Crippen MR) is 77.6 cm³/mol. The fraction of sp³-hybridized carbons (Fsp3) is 0.571. The van der Waals surface area contributed by atoms with Gasteiger partial charge in [0.2, 0.25) is 0 Å².